The van der Waals surface area contributed by atoms with Gasteiger partial charge in [0.25, 0.3) is 0 Å². The van der Waals surface area contributed by atoms with Gasteiger partial charge in [0.15, 0.2) is 5.82 Å². The van der Waals surface area contributed by atoms with Crippen LogP contribution in [0.1, 0.15) is 53.9 Å². The number of nitrogens with one attached hydrogen (secondary N) is 2. The number of halogens is 1. The third-order valence-corrected chi connectivity index (χ3v) is 4.86. The topological polar surface area (TPSA) is 59.1 Å². The molecule has 0 bridgehead atoms. The monoisotopic (exact) mass is 432 g/mol. The van der Waals surface area contributed by atoms with E-state index in [1.807, 2.05) is 25.2 Å². The van der Waals surface area contributed by atoms with Gasteiger partial charge in [0.1, 0.15) is 5.02 Å². The van der Waals surface area contributed by atoms with E-state index in [4.69, 9.17) is 16.3 Å². The van der Waals surface area contributed by atoms with E-state index in [1.165, 1.54) is 0 Å². The van der Waals surface area contributed by atoms with E-state index in [0.29, 0.717) is 22.7 Å². The maximum atomic E-state index is 6.38. The lowest BCUT2D eigenvalue weighted by Gasteiger charge is -2.33. The summed E-state index contributed by atoms with van der Waals surface area (Å²) in [6, 6.07) is 0. The molecule has 5 nitrogen and oxygen atoms in total. The van der Waals surface area contributed by atoms with Crippen LogP contribution in [0.4, 0.5) is 11.8 Å². The molecule has 1 aromatic heterocycles. The molecule has 0 fully saturated rings. The lowest BCUT2D eigenvalue weighted by molar-refractivity contribution is 0.0122. The number of ether oxygens (including phenoxy) is 1. The van der Waals surface area contributed by atoms with Gasteiger partial charge < -0.3 is 15.4 Å². The zero-order chi connectivity index (χ0) is 22.6. The van der Waals surface area contributed by atoms with Crippen molar-refractivity contribution in [2.24, 2.45) is 5.92 Å². The number of anilines is 2. The third kappa shape index (κ3) is 9.14. The Morgan fingerprint density at radius 3 is 2.63 bits per heavy atom. The van der Waals surface area contributed by atoms with Gasteiger partial charge in [-0.05, 0) is 51.7 Å². The SMILES string of the molecule is C=C/C=C\C(=C/C=C)Nc1ncc(Cl)c(NC(C)(C)CC(C)C(CCC)OCC)n1. The summed E-state index contributed by atoms with van der Waals surface area (Å²) in [7, 11) is 0. The molecule has 2 N–H and O–H groups in total. The smallest absolute Gasteiger partial charge is 0.229 e. The lowest BCUT2D eigenvalue weighted by atomic mass is 9.86. The molecule has 166 valence electrons. The fourth-order valence-electron chi connectivity index (χ4n) is 3.42. The highest BCUT2D eigenvalue weighted by atomic mass is 35.5. The highest BCUT2D eigenvalue weighted by Crippen LogP contribution is 2.29. The van der Waals surface area contributed by atoms with Crippen molar-refractivity contribution in [2.75, 3.05) is 17.2 Å². The number of nitrogens with zero attached hydrogens (tertiary/aromatic N) is 2. The van der Waals surface area contributed by atoms with Crippen LogP contribution in [0.2, 0.25) is 5.02 Å². The van der Waals surface area contributed by atoms with Crippen molar-refractivity contribution in [3.05, 3.63) is 60.5 Å². The second-order valence-electron chi connectivity index (χ2n) is 7.94. The molecule has 0 aliphatic rings. The molecule has 0 spiro atoms. The van der Waals surface area contributed by atoms with E-state index in [9.17, 15) is 0 Å². The summed E-state index contributed by atoms with van der Waals surface area (Å²) in [4.78, 5) is 8.87. The van der Waals surface area contributed by atoms with E-state index < -0.39 is 0 Å². The lowest BCUT2D eigenvalue weighted by Crippen LogP contribution is -2.37. The summed E-state index contributed by atoms with van der Waals surface area (Å²) >= 11 is 6.38. The predicted octanol–water partition coefficient (Wildman–Crippen LogP) is 6.78. The van der Waals surface area contributed by atoms with Crippen LogP contribution in [0, 0.1) is 5.92 Å². The van der Waals surface area contributed by atoms with Crippen molar-refractivity contribution in [3.63, 3.8) is 0 Å². The Morgan fingerprint density at radius 1 is 1.30 bits per heavy atom. The Bertz CT molecular complexity index is 737. The molecule has 0 saturated heterocycles. The summed E-state index contributed by atoms with van der Waals surface area (Å²) in [5.41, 5.74) is 0.575. The molecule has 1 rings (SSSR count). The van der Waals surface area contributed by atoms with Crippen molar-refractivity contribution in [1.82, 2.24) is 9.97 Å². The molecule has 2 unspecified atom stereocenters. The average molecular weight is 433 g/mol. The summed E-state index contributed by atoms with van der Waals surface area (Å²) in [6.45, 7) is 18.9. The van der Waals surface area contributed by atoms with E-state index >= 15 is 0 Å². The molecule has 0 aliphatic heterocycles. The largest absolute Gasteiger partial charge is 0.378 e. The van der Waals surface area contributed by atoms with Crippen LogP contribution in [-0.4, -0.2) is 28.2 Å². The van der Waals surface area contributed by atoms with Crippen LogP contribution >= 0.6 is 11.6 Å². The number of rotatable bonds is 14. The summed E-state index contributed by atoms with van der Waals surface area (Å²) in [5, 5.41) is 7.15. The summed E-state index contributed by atoms with van der Waals surface area (Å²) < 4.78 is 5.96. The van der Waals surface area contributed by atoms with Gasteiger partial charge in [-0.15, -0.1) is 0 Å². The van der Waals surface area contributed by atoms with Gasteiger partial charge in [-0.2, -0.15) is 4.98 Å². The highest BCUT2D eigenvalue weighted by molar-refractivity contribution is 6.32. The number of hydrogen-bond donors (Lipinski definition) is 2. The van der Waals surface area contributed by atoms with Gasteiger partial charge in [-0.1, -0.05) is 63.3 Å². The molecule has 1 heterocycles. The first-order valence-corrected chi connectivity index (χ1v) is 10.9. The Hall–Kier alpha value is -2.11. The van der Waals surface area contributed by atoms with Gasteiger partial charge in [0, 0.05) is 17.8 Å². The molecule has 0 saturated carbocycles. The number of allylic oxidation sites excluding steroid dienone is 5. The second-order valence-corrected chi connectivity index (χ2v) is 8.35. The maximum Gasteiger partial charge on any atom is 0.229 e. The predicted molar refractivity (Wildman–Crippen MR) is 130 cm³/mol. The van der Waals surface area contributed by atoms with Crippen molar-refractivity contribution in [1.29, 1.82) is 0 Å². The number of hydrogen-bond acceptors (Lipinski definition) is 5. The highest BCUT2D eigenvalue weighted by Gasteiger charge is 2.27. The Kier molecular flexibility index (Phi) is 11.4. The first-order valence-electron chi connectivity index (χ1n) is 10.6. The molecular formula is C24H37ClN4O. The molecule has 2 atom stereocenters. The quantitative estimate of drug-likeness (QED) is 0.317. The molecule has 0 radical (unpaired) electrons. The first kappa shape index (κ1) is 25.9. The first-order chi connectivity index (χ1) is 14.3. The summed E-state index contributed by atoms with van der Waals surface area (Å²) in [5.74, 6) is 1.45. The molecule has 0 amide bonds. The van der Waals surface area contributed by atoms with Crippen LogP contribution in [0.5, 0.6) is 0 Å². The molecular weight excluding hydrogens is 396 g/mol. The van der Waals surface area contributed by atoms with Gasteiger partial charge >= 0.3 is 0 Å². The van der Waals surface area contributed by atoms with Gasteiger partial charge in [-0.3, -0.25) is 0 Å². The van der Waals surface area contributed by atoms with Crippen LogP contribution in [0.25, 0.3) is 0 Å². The minimum Gasteiger partial charge on any atom is -0.378 e. The van der Waals surface area contributed by atoms with Crippen LogP contribution in [0.15, 0.2) is 55.4 Å². The van der Waals surface area contributed by atoms with Crippen molar-refractivity contribution >= 4 is 23.4 Å². The second kappa shape index (κ2) is 13.2. The number of aromatic nitrogens is 2. The minimum atomic E-state index is -0.222. The minimum absolute atomic E-state index is 0.222. The maximum absolute atomic E-state index is 6.38. The molecule has 0 aromatic carbocycles. The van der Waals surface area contributed by atoms with Crippen LogP contribution in [0.3, 0.4) is 0 Å². The van der Waals surface area contributed by atoms with Crippen molar-refractivity contribution < 1.29 is 4.74 Å². The van der Waals surface area contributed by atoms with Crippen LogP contribution < -0.4 is 10.6 Å². The van der Waals surface area contributed by atoms with Gasteiger partial charge in [0.05, 0.1) is 12.3 Å². The van der Waals surface area contributed by atoms with Gasteiger partial charge in [0.2, 0.25) is 5.95 Å². The molecule has 30 heavy (non-hydrogen) atoms. The fraction of sp³-hybridized carbons (Fsp3) is 0.500. The Labute approximate surface area is 187 Å². The molecule has 1 aromatic rings. The van der Waals surface area contributed by atoms with Crippen molar-refractivity contribution in [2.45, 2.75) is 65.5 Å². The van der Waals surface area contributed by atoms with Gasteiger partial charge in [-0.25, -0.2) is 4.98 Å². The Balaban J connectivity index is 2.96. The Morgan fingerprint density at radius 2 is 2.03 bits per heavy atom. The third-order valence-electron chi connectivity index (χ3n) is 4.59. The molecule has 6 heteroatoms. The fourth-order valence-corrected chi connectivity index (χ4v) is 3.56. The standard InChI is InChI=1S/C24H37ClN4O/c1-8-12-15-19(13-9-2)27-23-26-17-20(25)22(28-23)29-24(6,7)16-18(5)21(14-10-3)30-11-4/h8-9,12-13,15,17-18,21H,1-2,10-11,14,16H2,3-7H3,(H2,26,27,28,29)/b15-12-,19-13+. The van der Waals surface area contributed by atoms with E-state index in [1.54, 1.807) is 18.3 Å². The average Bonchev–Trinajstić information content (AvgIpc) is 2.68. The normalized spacial score (nSPS) is 14.4. The van der Waals surface area contributed by atoms with Crippen molar-refractivity contribution in [3.8, 4) is 0 Å². The molecule has 0 aliphatic carbocycles. The van der Waals surface area contributed by atoms with Crippen LogP contribution in [-0.2, 0) is 4.74 Å². The van der Waals surface area contributed by atoms with E-state index in [2.05, 4.69) is 61.5 Å². The zero-order valence-corrected chi connectivity index (χ0v) is 19.8. The van der Waals surface area contributed by atoms with E-state index in [-0.39, 0.29) is 11.6 Å². The zero-order valence-electron chi connectivity index (χ0n) is 19.0. The van der Waals surface area contributed by atoms with E-state index in [0.717, 1.165) is 31.6 Å². The summed E-state index contributed by atoms with van der Waals surface area (Å²) in [6.07, 6.45) is 13.9.